The molecule has 0 N–H and O–H groups in total. The van der Waals surface area contributed by atoms with Crippen LogP contribution in [0.4, 0.5) is 0 Å². The van der Waals surface area contributed by atoms with Gasteiger partial charge >= 0.3 is 0 Å². The topological polar surface area (TPSA) is 18.1 Å². The van der Waals surface area contributed by atoms with E-state index in [1.165, 1.54) is 103 Å². The highest BCUT2D eigenvalue weighted by atomic mass is 16.3. The first kappa shape index (κ1) is 43.2. The molecule has 0 atom stereocenters. The number of allylic oxidation sites excluding steroid dienone is 9. The molecule has 0 unspecified atom stereocenters. The Balaban J connectivity index is 0.000000145. The lowest BCUT2D eigenvalue weighted by Gasteiger charge is -2.21. The van der Waals surface area contributed by atoms with Gasteiger partial charge in [0.15, 0.2) is 0 Å². The standard InChI is InChI=1S/C26H23NO.C16H16.C15H20.C2H6/c1-18-11-14-21(15-12-18)27-17-20(23-8-3-5-9-24(23)27)13-16-25-19(2)22-7-4-6-10-26(22)28-25;1-11-8-9-13-12-6-4-5-7-14(12)16(2,3)15(13)10-11;1-12(2)13-8-10-15(11-9-13)14-6-4-3-5-7-14;1-2/h3,5-6,8-17H,4,7H2,1-2H3;4-10H,1-3H3;4,6-8,10,12H,3,5,9,11H2,1-2H3;1-2H3/b16-13-;;;. The largest absolute Gasteiger partial charge is 0.457 e. The molecule has 0 radical (unpaired) electrons. The number of aromatic nitrogens is 1. The molecule has 6 aromatic rings. The second-order valence-electron chi connectivity index (χ2n) is 17.5. The molecule has 0 spiro atoms. The summed E-state index contributed by atoms with van der Waals surface area (Å²) in [5.74, 6) is 2.69. The van der Waals surface area contributed by atoms with Crippen LogP contribution >= 0.6 is 0 Å². The van der Waals surface area contributed by atoms with Gasteiger partial charge in [0.1, 0.15) is 11.5 Å². The van der Waals surface area contributed by atoms with Crippen molar-refractivity contribution in [2.45, 2.75) is 106 Å². The summed E-state index contributed by atoms with van der Waals surface area (Å²) >= 11 is 0. The van der Waals surface area contributed by atoms with E-state index >= 15 is 0 Å². The highest BCUT2D eigenvalue weighted by molar-refractivity contribution is 5.93. The number of aryl methyl sites for hydroxylation is 2. The molecular weight excluding hydrogens is 739 g/mol. The van der Waals surface area contributed by atoms with Crippen molar-refractivity contribution in [3.8, 4) is 16.8 Å². The lowest BCUT2D eigenvalue weighted by molar-refractivity contribution is 0.540. The first-order valence-corrected chi connectivity index (χ1v) is 22.7. The van der Waals surface area contributed by atoms with Gasteiger partial charge in [0.2, 0.25) is 0 Å². The minimum Gasteiger partial charge on any atom is -0.457 e. The fourth-order valence-corrected chi connectivity index (χ4v) is 9.08. The molecule has 0 fully saturated rings. The van der Waals surface area contributed by atoms with E-state index in [-0.39, 0.29) is 5.41 Å². The van der Waals surface area contributed by atoms with Crippen molar-refractivity contribution >= 4 is 29.1 Å². The van der Waals surface area contributed by atoms with Crippen LogP contribution in [0.2, 0.25) is 0 Å². The maximum atomic E-state index is 6.09. The minimum absolute atomic E-state index is 0.151. The van der Waals surface area contributed by atoms with Crippen molar-refractivity contribution in [3.63, 3.8) is 0 Å². The number of hydrogen-bond acceptors (Lipinski definition) is 1. The van der Waals surface area contributed by atoms with Crippen LogP contribution in [0.3, 0.4) is 0 Å². The molecule has 2 nitrogen and oxygen atoms in total. The molecule has 10 rings (SSSR count). The van der Waals surface area contributed by atoms with Gasteiger partial charge in [0, 0.05) is 33.8 Å². The van der Waals surface area contributed by atoms with Crippen molar-refractivity contribution in [2.75, 3.05) is 0 Å². The van der Waals surface area contributed by atoms with Crippen LogP contribution in [0.15, 0.2) is 155 Å². The number of hydrogen-bond donors (Lipinski definition) is 0. The molecule has 61 heavy (non-hydrogen) atoms. The molecule has 4 aromatic carbocycles. The fourth-order valence-electron chi connectivity index (χ4n) is 9.08. The zero-order chi connectivity index (χ0) is 43.1. The van der Waals surface area contributed by atoms with E-state index in [0.717, 1.165) is 24.4 Å². The summed E-state index contributed by atoms with van der Waals surface area (Å²) in [4.78, 5) is 0. The summed E-state index contributed by atoms with van der Waals surface area (Å²) in [5, 5.41) is 1.24. The van der Waals surface area contributed by atoms with Gasteiger partial charge < -0.3 is 8.98 Å². The summed E-state index contributed by atoms with van der Waals surface area (Å²) in [6.07, 6.45) is 29.4. The fraction of sp³-hybridized carbons (Fsp3) is 0.288. The Morgan fingerprint density at radius 1 is 0.689 bits per heavy atom. The maximum absolute atomic E-state index is 6.09. The van der Waals surface area contributed by atoms with Gasteiger partial charge in [-0.05, 0) is 141 Å². The summed E-state index contributed by atoms with van der Waals surface area (Å²) in [7, 11) is 0. The van der Waals surface area contributed by atoms with Crippen LogP contribution in [-0.2, 0) is 11.8 Å². The van der Waals surface area contributed by atoms with E-state index < -0.39 is 0 Å². The van der Waals surface area contributed by atoms with E-state index in [0.29, 0.717) is 5.92 Å². The molecule has 2 heteroatoms. The third-order valence-corrected chi connectivity index (χ3v) is 12.7. The predicted molar refractivity (Wildman–Crippen MR) is 265 cm³/mol. The number of fused-ring (bicyclic) bond motifs is 5. The van der Waals surface area contributed by atoms with Crippen LogP contribution in [0.25, 0.3) is 45.9 Å². The van der Waals surface area contributed by atoms with Crippen molar-refractivity contribution in [2.24, 2.45) is 5.92 Å². The van der Waals surface area contributed by atoms with Crippen molar-refractivity contribution < 1.29 is 4.42 Å². The quantitative estimate of drug-likeness (QED) is 0.170. The average molecular weight is 804 g/mol. The molecule has 0 saturated carbocycles. The average Bonchev–Trinajstić information content (AvgIpc) is 3.91. The molecule has 312 valence electrons. The molecule has 2 aromatic heterocycles. The number of nitrogens with zero attached hydrogens (tertiary/aromatic N) is 1. The molecule has 4 aliphatic rings. The van der Waals surface area contributed by atoms with Gasteiger partial charge in [0.05, 0.1) is 5.52 Å². The van der Waals surface area contributed by atoms with Crippen LogP contribution in [-0.4, -0.2) is 4.57 Å². The van der Waals surface area contributed by atoms with Gasteiger partial charge in [-0.3, -0.25) is 0 Å². The van der Waals surface area contributed by atoms with Crippen molar-refractivity contribution in [1.82, 2.24) is 4.57 Å². The third kappa shape index (κ3) is 9.40. The number of rotatable bonds is 5. The molecule has 0 amide bonds. The van der Waals surface area contributed by atoms with Gasteiger partial charge in [-0.1, -0.05) is 167 Å². The third-order valence-electron chi connectivity index (χ3n) is 12.7. The second kappa shape index (κ2) is 19.2. The number of benzene rings is 4. The summed E-state index contributed by atoms with van der Waals surface area (Å²) in [6.45, 7) is 19.6. The molecule has 0 aliphatic heterocycles. The Morgan fingerprint density at radius 2 is 1.41 bits per heavy atom. The Labute approximate surface area is 366 Å². The smallest absolute Gasteiger partial charge is 0.130 e. The van der Waals surface area contributed by atoms with E-state index in [1.807, 2.05) is 13.8 Å². The molecule has 4 aliphatic carbocycles. The highest BCUT2D eigenvalue weighted by Crippen LogP contribution is 2.48. The monoisotopic (exact) mass is 804 g/mol. The van der Waals surface area contributed by atoms with E-state index in [1.54, 1.807) is 5.57 Å². The second-order valence-corrected chi connectivity index (χ2v) is 17.5. The number of para-hydroxylation sites is 1. The SMILES string of the molecule is CC.CC(C)C1=CC=C(C2=CCCC=C2)CC1.Cc1ccc(-n2cc(/C=C\c3oc4c(c3C)CCC=C4)c3ccccc32)cc1.Cc1ccc2c(c1)C(C)(C)c1ccccc1-2. The summed E-state index contributed by atoms with van der Waals surface area (Å²) < 4.78 is 8.36. The Morgan fingerprint density at radius 3 is 2.13 bits per heavy atom. The zero-order valence-electron chi connectivity index (χ0n) is 38.1. The van der Waals surface area contributed by atoms with Gasteiger partial charge in [-0.2, -0.15) is 0 Å². The predicted octanol–water partition coefficient (Wildman–Crippen LogP) is 16.9. The van der Waals surface area contributed by atoms with Crippen molar-refractivity contribution in [1.29, 1.82) is 0 Å². The molecule has 0 saturated heterocycles. The normalized spacial score (nSPS) is 15.6. The van der Waals surface area contributed by atoms with Crippen LogP contribution in [0.1, 0.15) is 124 Å². The van der Waals surface area contributed by atoms with E-state index in [2.05, 4.69) is 205 Å². The van der Waals surface area contributed by atoms with E-state index in [9.17, 15) is 0 Å². The molecule has 0 bridgehead atoms. The zero-order valence-corrected chi connectivity index (χ0v) is 38.1. The van der Waals surface area contributed by atoms with Gasteiger partial charge in [-0.15, -0.1) is 0 Å². The minimum atomic E-state index is 0.151. The highest BCUT2D eigenvalue weighted by Gasteiger charge is 2.34. The van der Waals surface area contributed by atoms with Crippen LogP contribution in [0.5, 0.6) is 0 Å². The summed E-state index contributed by atoms with van der Waals surface area (Å²) in [5.41, 5.74) is 19.3. The Kier molecular flexibility index (Phi) is 13.6. The van der Waals surface area contributed by atoms with Gasteiger partial charge in [0.25, 0.3) is 0 Å². The molecule has 2 heterocycles. The molecular formula is C59H65NO. The number of furan rings is 1. The van der Waals surface area contributed by atoms with Crippen molar-refractivity contribution in [3.05, 3.63) is 201 Å². The summed E-state index contributed by atoms with van der Waals surface area (Å²) in [6, 6.07) is 32.8. The lowest BCUT2D eigenvalue weighted by atomic mass is 9.82. The Bertz CT molecular complexity index is 2670. The Hall–Kier alpha value is -5.86. The van der Waals surface area contributed by atoms with E-state index in [4.69, 9.17) is 4.42 Å². The first-order chi connectivity index (χ1) is 29.6. The first-order valence-electron chi connectivity index (χ1n) is 22.7. The lowest BCUT2D eigenvalue weighted by Crippen LogP contribution is -2.14. The van der Waals surface area contributed by atoms with Crippen LogP contribution < -0.4 is 0 Å². The van der Waals surface area contributed by atoms with Gasteiger partial charge in [-0.25, -0.2) is 0 Å². The maximum Gasteiger partial charge on any atom is 0.130 e. The van der Waals surface area contributed by atoms with Crippen LogP contribution in [0, 0.1) is 26.7 Å².